The van der Waals surface area contributed by atoms with Gasteiger partial charge in [0.1, 0.15) is 0 Å². The van der Waals surface area contributed by atoms with Crippen LogP contribution in [0.5, 0.6) is 0 Å². The topological polar surface area (TPSA) is 71.5 Å². The van der Waals surface area contributed by atoms with E-state index in [1.807, 2.05) is 31.2 Å². The smallest absolute Gasteiger partial charge is 0.252 e. The second kappa shape index (κ2) is 6.64. The van der Waals surface area contributed by atoms with Gasteiger partial charge in [0.05, 0.1) is 23.8 Å². The molecule has 0 bridgehead atoms. The summed E-state index contributed by atoms with van der Waals surface area (Å²) in [6.45, 7) is 2.36. The number of ether oxygens (including phenoxy) is 1. The lowest BCUT2D eigenvalue weighted by Crippen LogP contribution is -2.34. The molecule has 0 saturated heterocycles. The fraction of sp³-hybridized carbons (Fsp3) is 0.444. The number of aliphatic hydroxyl groups is 1. The van der Waals surface area contributed by atoms with Gasteiger partial charge in [0.25, 0.3) is 5.91 Å². The Bertz CT molecular complexity index is 726. The summed E-state index contributed by atoms with van der Waals surface area (Å²) in [7, 11) is 1.52. The highest BCUT2D eigenvalue weighted by atomic mass is 16.5. The largest absolute Gasteiger partial charge is 0.389 e. The third-order valence-corrected chi connectivity index (χ3v) is 4.08. The number of hydrogen-bond acceptors (Lipinski definition) is 4. The van der Waals surface area contributed by atoms with Crippen molar-refractivity contribution in [3.63, 3.8) is 0 Å². The number of carbonyl (C=O) groups excluding carboxylic acids is 1. The van der Waals surface area contributed by atoms with Crippen LogP contribution in [0, 0.1) is 6.92 Å². The van der Waals surface area contributed by atoms with E-state index in [2.05, 4.69) is 5.32 Å². The molecular formula is C18H22N2O3. The van der Waals surface area contributed by atoms with Crippen molar-refractivity contribution in [2.45, 2.75) is 31.8 Å². The van der Waals surface area contributed by atoms with Gasteiger partial charge in [-0.15, -0.1) is 0 Å². The fourth-order valence-electron chi connectivity index (χ4n) is 2.69. The van der Waals surface area contributed by atoms with Gasteiger partial charge < -0.3 is 15.2 Å². The van der Waals surface area contributed by atoms with Crippen LogP contribution in [-0.2, 0) is 4.74 Å². The Labute approximate surface area is 135 Å². The molecule has 5 heteroatoms. The Morgan fingerprint density at radius 2 is 2.22 bits per heavy atom. The molecule has 122 valence electrons. The normalized spacial score (nSPS) is 15.6. The highest BCUT2D eigenvalue weighted by Gasteiger charge is 2.27. The Balaban J connectivity index is 1.90. The number of benzene rings is 1. The van der Waals surface area contributed by atoms with Crippen LogP contribution in [0.15, 0.2) is 24.3 Å². The van der Waals surface area contributed by atoms with E-state index in [0.717, 1.165) is 35.0 Å². The van der Waals surface area contributed by atoms with E-state index in [-0.39, 0.29) is 19.1 Å². The van der Waals surface area contributed by atoms with Crippen LogP contribution in [0.2, 0.25) is 0 Å². The molecule has 1 aromatic heterocycles. The lowest BCUT2D eigenvalue weighted by molar-refractivity contribution is 0.0610. The van der Waals surface area contributed by atoms with Gasteiger partial charge in [-0.25, -0.2) is 0 Å². The van der Waals surface area contributed by atoms with E-state index < -0.39 is 6.10 Å². The molecule has 2 N–H and O–H groups in total. The number of aryl methyl sites for hydroxylation is 1. The van der Waals surface area contributed by atoms with Crippen LogP contribution in [-0.4, -0.2) is 42.4 Å². The van der Waals surface area contributed by atoms with Gasteiger partial charge in [0, 0.05) is 30.7 Å². The number of amides is 1. The Kier molecular flexibility index (Phi) is 4.59. The summed E-state index contributed by atoms with van der Waals surface area (Å²) in [5, 5.41) is 13.3. The number of aromatic nitrogens is 1. The van der Waals surface area contributed by atoms with Gasteiger partial charge in [-0.1, -0.05) is 11.6 Å². The number of fused-ring (bicyclic) bond motifs is 1. The van der Waals surface area contributed by atoms with Crippen molar-refractivity contribution in [2.75, 3.05) is 20.3 Å². The van der Waals surface area contributed by atoms with E-state index in [9.17, 15) is 9.90 Å². The molecule has 3 rings (SSSR count). The summed E-state index contributed by atoms with van der Waals surface area (Å²) in [6, 6.07) is 7.86. The highest BCUT2D eigenvalue weighted by Crippen LogP contribution is 2.40. The number of carbonyl (C=O) groups is 1. The van der Waals surface area contributed by atoms with Crippen LogP contribution in [0.3, 0.4) is 0 Å². The molecule has 0 aliphatic heterocycles. The van der Waals surface area contributed by atoms with Crippen molar-refractivity contribution in [1.29, 1.82) is 0 Å². The minimum Gasteiger partial charge on any atom is -0.389 e. The first kappa shape index (κ1) is 15.9. The second-order valence-corrected chi connectivity index (χ2v) is 6.21. The van der Waals surface area contributed by atoms with Gasteiger partial charge in [-0.05, 0) is 38.0 Å². The fourth-order valence-corrected chi connectivity index (χ4v) is 2.69. The first-order valence-corrected chi connectivity index (χ1v) is 7.95. The predicted molar refractivity (Wildman–Crippen MR) is 88.7 cm³/mol. The number of aliphatic hydroxyl groups excluding tert-OH is 1. The lowest BCUT2D eigenvalue weighted by Gasteiger charge is -2.13. The Morgan fingerprint density at radius 3 is 2.91 bits per heavy atom. The lowest BCUT2D eigenvalue weighted by atomic mass is 10.0. The molecule has 2 aromatic rings. The number of rotatable bonds is 6. The molecule has 1 fully saturated rings. The molecule has 1 saturated carbocycles. The maximum absolute atomic E-state index is 12.6. The third-order valence-electron chi connectivity index (χ3n) is 4.08. The van der Waals surface area contributed by atoms with Gasteiger partial charge in [0.2, 0.25) is 0 Å². The summed E-state index contributed by atoms with van der Waals surface area (Å²) in [5.74, 6) is 0.298. The van der Waals surface area contributed by atoms with E-state index >= 15 is 0 Å². The maximum Gasteiger partial charge on any atom is 0.252 e. The van der Waals surface area contributed by atoms with Crippen molar-refractivity contribution < 1.29 is 14.6 Å². The average Bonchev–Trinajstić information content (AvgIpc) is 3.37. The molecule has 1 aromatic carbocycles. The van der Waals surface area contributed by atoms with Crippen LogP contribution in [0.25, 0.3) is 10.9 Å². The summed E-state index contributed by atoms with van der Waals surface area (Å²) >= 11 is 0. The number of methoxy groups -OCH3 is 1. The number of nitrogens with one attached hydrogen (secondary N) is 1. The molecule has 1 unspecified atom stereocenters. The van der Waals surface area contributed by atoms with Crippen molar-refractivity contribution in [3.05, 3.63) is 41.1 Å². The first-order chi connectivity index (χ1) is 11.1. The molecule has 1 aliphatic carbocycles. The minimum absolute atomic E-state index is 0.168. The minimum atomic E-state index is -0.707. The molecule has 23 heavy (non-hydrogen) atoms. The number of hydrogen-bond donors (Lipinski definition) is 2. The second-order valence-electron chi connectivity index (χ2n) is 6.21. The highest BCUT2D eigenvalue weighted by molar-refractivity contribution is 6.06. The van der Waals surface area contributed by atoms with Crippen LogP contribution in [0.1, 0.15) is 40.4 Å². The zero-order chi connectivity index (χ0) is 16.4. The predicted octanol–water partition coefficient (Wildman–Crippen LogP) is 2.16. The molecular weight excluding hydrogens is 292 g/mol. The summed E-state index contributed by atoms with van der Waals surface area (Å²) in [6.07, 6.45) is 1.57. The van der Waals surface area contributed by atoms with Crippen molar-refractivity contribution >= 4 is 16.8 Å². The quantitative estimate of drug-likeness (QED) is 0.857. The van der Waals surface area contributed by atoms with E-state index in [0.29, 0.717) is 11.5 Å². The summed E-state index contributed by atoms with van der Waals surface area (Å²) in [4.78, 5) is 17.3. The Morgan fingerprint density at radius 1 is 1.43 bits per heavy atom. The number of pyridine rings is 1. The van der Waals surface area contributed by atoms with Gasteiger partial charge in [-0.2, -0.15) is 0 Å². The van der Waals surface area contributed by atoms with Gasteiger partial charge in [0.15, 0.2) is 0 Å². The molecule has 1 heterocycles. The van der Waals surface area contributed by atoms with Gasteiger partial charge >= 0.3 is 0 Å². The standard InChI is InChI=1S/C18H22N2O3/c1-11-3-6-16-14(7-11)15(8-17(20-16)12-4-5-12)18(22)19-9-13(21)10-23-2/h3,6-8,12-13,21H,4-5,9-10H2,1-2H3,(H,19,22). The van der Waals surface area contributed by atoms with E-state index in [1.165, 1.54) is 7.11 Å². The third kappa shape index (κ3) is 3.68. The SMILES string of the molecule is COCC(O)CNC(=O)c1cc(C2CC2)nc2ccc(C)cc12. The Hall–Kier alpha value is -1.98. The molecule has 1 aliphatic rings. The molecule has 0 radical (unpaired) electrons. The monoisotopic (exact) mass is 314 g/mol. The van der Waals surface area contributed by atoms with E-state index in [4.69, 9.17) is 9.72 Å². The van der Waals surface area contributed by atoms with Crippen molar-refractivity contribution in [3.8, 4) is 0 Å². The summed E-state index contributed by atoms with van der Waals surface area (Å²) < 4.78 is 4.88. The van der Waals surface area contributed by atoms with Crippen molar-refractivity contribution in [1.82, 2.24) is 10.3 Å². The summed E-state index contributed by atoms with van der Waals surface area (Å²) in [5.41, 5.74) is 3.56. The van der Waals surface area contributed by atoms with E-state index in [1.54, 1.807) is 0 Å². The van der Waals surface area contributed by atoms with Crippen LogP contribution in [0.4, 0.5) is 0 Å². The number of nitrogens with zero attached hydrogens (tertiary/aromatic N) is 1. The maximum atomic E-state index is 12.6. The molecule has 1 amide bonds. The molecule has 0 spiro atoms. The van der Waals surface area contributed by atoms with Crippen molar-refractivity contribution in [2.24, 2.45) is 0 Å². The van der Waals surface area contributed by atoms with Gasteiger partial charge in [-0.3, -0.25) is 9.78 Å². The molecule has 5 nitrogen and oxygen atoms in total. The van der Waals surface area contributed by atoms with Crippen LogP contribution >= 0.6 is 0 Å². The molecule has 1 atom stereocenters. The zero-order valence-electron chi connectivity index (χ0n) is 13.5. The average molecular weight is 314 g/mol. The first-order valence-electron chi connectivity index (χ1n) is 7.95. The van der Waals surface area contributed by atoms with Crippen LogP contribution < -0.4 is 5.32 Å². The zero-order valence-corrected chi connectivity index (χ0v) is 13.5.